The number of hydrogen-bond acceptors (Lipinski definition) is 7. The van der Waals surface area contributed by atoms with Gasteiger partial charge in [-0.15, -0.1) is 0 Å². The zero-order valence-electron chi connectivity index (χ0n) is 20.3. The number of ketones is 1. The van der Waals surface area contributed by atoms with Crippen molar-refractivity contribution in [2.24, 2.45) is 5.73 Å². The van der Waals surface area contributed by atoms with Gasteiger partial charge in [-0.1, -0.05) is 13.0 Å². The van der Waals surface area contributed by atoms with Gasteiger partial charge < -0.3 is 15.4 Å². The predicted octanol–water partition coefficient (Wildman–Crippen LogP) is 3.20. The fraction of sp³-hybridized carbons (Fsp3) is 0.480. The summed E-state index contributed by atoms with van der Waals surface area (Å²) in [6.45, 7) is 7.88. The first-order valence-electron chi connectivity index (χ1n) is 11.4. The zero-order valence-corrected chi connectivity index (χ0v) is 20.3. The van der Waals surface area contributed by atoms with E-state index in [2.05, 4.69) is 11.9 Å². The van der Waals surface area contributed by atoms with Crippen molar-refractivity contribution < 1.29 is 19.1 Å². The Bertz CT molecular complexity index is 1170. The molecule has 1 fully saturated rings. The number of hydrogen-bond donors (Lipinski definition) is 1. The van der Waals surface area contributed by atoms with Crippen molar-refractivity contribution in [1.29, 1.82) is 0 Å². The molecule has 0 atom stereocenters. The summed E-state index contributed by atoms with van der Waals surface area (Å²) in [5, 5.41) is 0. The summed E-state index contributed by atoms with van der Waals surface area (Å²) in [4.78, 5) is 50.3. The summed E-state index contributed by atoms with van der Waals surface area (Å²) in [6.07, 6.45) is 1.55. The molecule has 2 aliphatic rings. The number of carbonyl (C=O) groups excluding carboxylic acids is 3. The number of anilines is 1. The van der Waals surface area contributed by atoms with Crippen molar-refractivity contribution in [3.63, 3.8) is 0 Å². The first kappa shape index (κ1) is 23.8. The lowest BCUT2D eigenvalue weighted by Crippen LogP contribution is -2.34. The molecule has 0 saturated heterocycles. The summed E-state index contributed by atoms with van der Waals surface area (Å²) in [5.41, 5.74) is 7.85. The molecule has 1 aliphatic carbocycles. The van der Waals surface area contributed by atoms with Gasteiger partial charge in [0.2, 0.25) is 0 Å². The van der Waals surface area contributed by atoms with Crippen LogP contribution in [0.2, 0.25) is 0 Å². The summed E-state index contributed by atoms with van der Waals surface area (Å²) >= 11 is 0. The van der Waals surface area contributed by atoms with Crippen molar-refractivity contribution in [3.8, 4) is 0 Å². The number of pyridine rings is 2. The van der Waals surface area contributed by atoms with E-state index in [4.69, 9.17) is 15.5 Å². The highest BCUT2D eigenvalue weighted by atomic mass is 16.6. The van der Waals surface area contributed by atoms with E-state index in [1.54, 1.807) is 25.2 Å². The van der Waals surface area contributed by atoms with Gasteiger partial charge in [0, 0.05) is 29.3 Å². The molecule has 4 rings (SSSR count). The highest BCUT2D eigenvalue weighted by Gasteiger charge is 2.43. The second-order valence-electron chi connectivity index (χ2n) is 10.3. The molecule has 0 radical (unpaired) electrons. The number of aromatic nitrogens is 2. The number of nitrogens with two attached hydrogens (primary N) is 1. The Morgan fingerprint density at radius 3 is 2.56 bits per heavy atom. The van der Waals surface area contributed by atoms with Crippen molar-refractivity contribution in [2.45, 2.75) is 64.6 Å². The molecule has 34 heavy (non-hydrogen) atoms. The van der Waals surface area contributed by atoms with Gasteiger partial charge in [-0.3, -0.25) is 19.5 Å². The van der Waals surface area contributed by atoms with Gasteiger partial charge in [0.15, 0.2) is 5.78 Å². The molecule has 3 heterocycles. The van der Waals surface area contributed by atoms with Crippen molar-refractivity contribution >= 4 is 23.6 Å². The topological polar surface area (TPSA) is 119 Å². The number of amides is 2. The summed E-state index contributed by atoms with van der Waals surface area (Å²) in [6, 6.07) is 6.84. The van der Waals surface area contributed by atoms with Gasteiger partial charge in [0.1, 0.15) is 17.1 Å². The number of ether oxygens (including phenoxy) is 1. The highest BCUT2D eigenvalue weighted by molar-refractivity contribution is 6.10. The molecule has 2 aromatic rings. The first-order chi connectivity index (χ1) is 15.9. The highest BCUT2D eigenvalue weighted by Crippen LogP contribution is 2.48. The maximum Gasteiger partial charge on any atom is 0.410 e. The van der Waals surface area contributed by atoms with Crippen molar-refractivity contribution in [1.82, 2.24) is 14.9 Å². The van der Waals surface area contributed by atoms with E-state index in [0.29, 0.717) is 17.1 Å². The number of Topliss-reactive ketones (excluding diaryl/α,β-unsaturated/α-hetero) is 1. The molecule has 9 nitrogen and oxygen atoms in total. The Kier molecular flexibility index (Phi) is 5.93. The molecular formula is C25H31N5O4. The van der Waals surface area contributed by atoms with E-state index >= 15 is 0 Å². The van der Waals surface area contributed by atoms with Crippen LogP contribution in [-0.2, 0) is 23.2 Å². The Morgan fingerprint density at radius 1 is 1.24 bits per heavy atom. The average Bonchev–Trinajstić information content (AvgIpc) is 3.45. The van der Waals surface area contributed by atoms with E-state index in [9.17, 15) is 14.4 Å². The summed E-state index contributed by atoms with van der Waals surface area (Å²) < 4.78 is 5.49. The van der Waals surface area contributed by atoms with Gasteiger partial charge in [-0.05, 0) is 51.8 Å². The van der Waals surface area contributed by atoms with Crippen LogP contribution in [0.4, 0.5) is 10.6 Å². The minimum absolute atomic E-state index is 0.0618. The summed E-state index contributed by atoms with van der Waals surface area (Å²) in [7, 11) is 1.66. The summed E-state index contributed by atoms with van der Waals surface area (Å²) in [5.74, 6) is -0.114. The van der Waals surface area contributed by atoms with E-state index in [-0.39, 0.29) is 42.4 Å². The van der Waals surface area contributed by atoms with Crippen LogP contribution in [0.15, 0.2) is 24.3 Å². The van der Waals surface area contributed by atoms with Crippen LogP contribution in [0.3, 0.4) is 0 Å². The molecule has 0 unspecified atom stereocenters. The fourth-order valence-electron chi connectivity index (χ4n) is 3.90. The first-order valence-corrected chi connectivity index (χ1v) is 11.4. The number of carbonyl (C=O) groups is 3. The van der Waals surface area contributed by atoms with E-state index < -0.39 is 11.7 Å². The molecule has 9 heteroatoms. The van der Waals surface area contributed by atoms with Crippen LogP contribution in [0.1, 0.15) is 78.3 Å². The van der Waals surface area contributed by atoms with Gasteiger partial charge in [0.25, 0.3) is 5.91 Å². The SMILES string of the molecule is CN(Cc1nc(C2(C)CC2)cc2c1CN(c1cccc(C(=O)CN)n1)C2=O)C(=O)OC(C)(C)C. The lowest BCUT2D eigenvalue weighted by atomic mass is 9.99. The minimum Gasteiger partial charge on any atom is -0.444 e. The van der Waals surface area contributed by atoms with Gasteiger partial charge in [-0.25, -0.2) is 9.78 Å². The monoisotopic (exact) mass is 465 g/mol. The molecule has 1 aliphatic heterocycles. The van der Waals surface area contributed by atoms with E-state index in [0.717, 1.165) is 24.1 Å². The zero-order chi connectivity index (χ0) is 24.8. The molecule has 180 valence electrons. The van der Waals surface area contributed by atoms with Crippen LogP contribution >= 0.6 is 0 Å². The third-order valence-electron chi connectivity index (χ3n) is 6.19. The van der Waals surface area contributed by atoms with Gasteiger partial charge in [0.05, 0.1) is 25.3 Å². The molecular weight excluding hydrogens is 434 g/mol. The van der Waals surface area contributed by atoms with Gasteiger partial charge in [-0.2, -0.15) is 0 Å². The molecule has 1 saturated carbocycles. The Morgan fingerprint density at radius 2 is 1.94 bits per heavy atom. The number of fused-ring (bicyclic) bond motifs is 1. The quantitative estimate of drug-likeness (QED) is 0.651. The van der Waals surface area contributed by atoms with Gasteiger partial charge >= 0.3 is 6.09 Å². The number of rotatable bonds is 6. The molecule has 2 amide bonds. The normalized spacial score (nSPS) is 16.3. The van der Waals surface area contributed by atoms with Crippen LogP contribution in [0.25, 0.3) is 0 Å². The Balaban J connectivity index is 1.69. The second-order valence-corrected chi connectivity index (χ2v) is 10.3. The molecule has 2 aromatic heterocycles. The Hall–Kier alpha value is -3.33. The lowest BCUT2D eigenvalue weighted by molar-refractivity contribution is 0.0282. The third-order valence-corrected chi connectivity index (χ3v) is 6.19. The second kappa shape index (κ2) is 8.47. The van der Waals surface area contributed by atoms with Crippen LogP contribution in [0, 0.1) is 0 Å². The predicted molar refractivity (Wildman–Crippen MR) is 127 cm³/mol. The lowest BCUT2D eigenvalue weighted by Gasteiger charge is -2.25. The maximum atomic E-state index is 13.5. The maximum absolute atomic E-state index is 13.5. The molecule has 0 bridgehead atoms. The van der Waals surface area contributed by atoms with E-state index in [1.165, 1.54) is 9.80 Å². The standard InChI is InChI=1S/C25H31N5O4/c1-24(2,3)34-23(33)29(5)14-18-16-13-30(21-8-6-7-17(28-21)19(31)12-26)22(32)15(16)11-20(27-18)25(4)9-10-25/h6-8,11H,9-10,12-14,26H2,1-5H3. The minimum atomic E-state index is -0.617. The average molecular weight is 466 g/mol. The largest absolute Gasteiger partial charge is 0.444 e. The number of nitrogens with zero attached hydrogens (tertiary/aromatic N) is 4. The van der Waals surface area contributed by atoms with Crippen LogP contribution < -0.4 is 10.6 Å². The van der Waals surface area contributed by atoms with E-state index in [1.807, 2.05) is 26.8 Å². The van der Waals surface area contributed by atoms with Crippen LogP contribution in [-0.4, -0.2) is 51.8 Å². The van der Waals surface area contributed by atoms with Crippen molar-refractivity contribution in [2.75, 3.05) is 18.5 Å². The Labute approximate surface area is 199 Å². The van der Waals surface area contributed by atoms with Crippen LogP contribution in [0.5, 0.6) is 0 Å². The molecule has 2 N–H and O–H groups in total. The molecule has 0 spiro atoms. The third kappa shape index (κ3) is 4.65. The fourth-order valence-corrected chi connectivity index (χ4v) is 3.90. The van der Waals surface area contributed by atoms with Crippen molar-refractivity contribution in [3.05, 3.63) is 52.5 Å². The smallest absolute Gasteiger partial charge is 0.410 e. The molecule has 0 aromatic carbocycles.